The normalized spacial score (nSPS) is 20.7. The first kappa shape index (κ1) is 13.1. The van der Waals surface area contributed by atoms with Crippen molar-refractivity contribution >= 4 is 17.9 Å². The summed E-state index contributed by atoms with van der Waals surface area (Å²) in [6.45, 7) is 1.77. The molecule has 3 rings (SSSR count). The third kappa shape index (κ3) is 2.42. The highest BCUT2D eigenvalue weighted by Crippen LogP contribution is 2.25. The Morgan fingerprint density at radius 3 is 2.95 bits per heavy atom. The van der Waals surface area contributed by atoms with Crippen LogP contribution in [0, 0.1) is 0 Å². The SMILES string of the molecule is CCC(=O)NC1(c2ccco2)N=CC=C(n2nccn2)N1. The third-order valence-corrected chi connectivity index (χ3v) is 2.96. The monoisotopic (exact) mass is 286 g/mol. The zero-order valence-corrected chi connectivity index (χ0v) is 11.4. The van der Waals surface area contributed by atoms with Crippen molar-refractivity contribution < 1.29 is 9.21 Å². The molecule has 0 spiro atoms. The summed E-state index contributed by atoms with van der Waals surface area (Å²) in [4.78, 5) is 17.6. The number of hydrogen-bond donors (Lipinski definition) is 2. The molecule has 21 heavy (non-hydrogen) atoms. The Balaban J connectivity index is 1.97. The van der Waals surface area contributed by atoms with Gasteiger partial charge in [0.2, 0.25) is 5.91 Å². The van der Waals surface area contributed by atoms with Gasteiger partial charge < -0.3 is 15.1 Å². The van der Waals surface area contributed by atoms with Crippen LogP contribution < -0.4 is 10.6 Å². The van der Waals surface area contributed by atoms with Crippen LogP contribution in [0.1, 0.15) is 19.1 Å². The highest BCUT2D eigenvalue weighted by molar-refractivity contribution is 5.82. The number of carbonyl (C=O) groups excluding carboxylic acids is 1. The summed E-state index contributed by atoms with van der Waals surface area (Å²) in [5.41, 5.74) is 0. The summed E-state index contributed by atoms with van der Waals surface area (Å²) in [5, 5.41) is 14.0. The molecule has 0 saturated carbocycles. The molecule has 2 aromatic rings. The van der Waals surface area contributed by atoms with Crippen LogP contribution in [0.5, 0.6) is 0 Å². The van der Waals surface area contributed by atoms with Crippen molar-refractivity contribution in [2.24, 2.45) is 4.99 Å². The van der Waals surface area contributed by atoms with Crippen molar-refractivity contribution in [3.05, 3.63) is 42.6 Å². The second-order valence-corrected chi connectivity index (χ2v) is 4.36. The average Bonchev–Trinajstić information content (AvgIpc) is 3.20. The molecule has 2 N–H and O–H groups in total. The first-order valence-corrected chi connectivity index (χ1v) is 6.49. The van der Waals surface area contributed by atoms with Gasteiger partial charge in [-0.2, -0.15) is 10.2 Å². The fourth-order valence-corrected chi connectivity index (χ4v) is 1.96. The van der Waals surface area contributed by atoms with Crippen molar-refractivity contribution in [3.63, 3.8) is 0 Å². The van der Waals surface area contributed by atoms with Crippen LogP contribution in [-0.2, 0) is 10.6 Å². The number of nitrogens with one attached hydrogen (secondary N) is 2. The number of furan rings is 1. The van der Waals surface area contributed by atoms with Crippen molar-refractivity contribution in [2.75, 3.05) is 0 Å². The van der Waals surface area contributed by atoms with Gasteiger partial charge in [-0.3, -0.25) is 4.79 Å². The summed E-state index contributed by atoms with van der Waals surface area (Å²) in [5.74, 6) is -0.319. The molecule has 8 nitrogen and oxygen atoms in total. The fourth-order valence-electron chi connectivity index (χ4n) is 1.96. The number of aromatic nitrogens is 3. The van der Waals surface area contributed by atoms with E-state index in [0.29, 0.717) is 18.0 Å². The van der Waals surface area contributed by atoms with Crippen molar-refractivity contribution in [2.45, 2.75) is 19.1 Å². The van der Waals surface area contributed by atoms with Crippen molar-refractivity contribution in [1.82, 2.24) is 25.6 Å². The lowest BCUT2D eigenvalue weighted by atomic mass is 10.2. The Labute approximate surface area is 120 Å². The minimum absolute atomic E-state index is 0.161. The lowest BCUT2D eigenvalue weighted by Crippen LogP contribution is -2.55. The minimum atomic E-state index is -1.20. The maximum Gasteiger partial charge on any atom is 0.269 e. The first-order chi connectivity index (χ1) is 10.2. The molecule has 0 bridgehead atoms. The fraction of sp³-hybridized carbons (Fsp3) is 0.231. The van der Waals surface area contributed by atoms with E-state index in [1.165, 1.54) is 11.1 Å². The predicted molar refractivity (Wildman–Crippen MR) is 74.7 cm³/mol. The van der Waals surface area contributed by atoms with Crippen molar-refractivity contribution in [3.8, 4) is 0 Å². The molecule has 1 atom stereocenters. The van der Waals surface area contributed by atoms with Crippen LogP contribution in [0.2, 0.25) is 0 Å². The maximum atomic E-state index is 11.8. The zero-order chi connectivity index (χ0) is 14.7. The number of allylic oxidation sites excluding steroid dienone is 1. The molecule has 0 aromatic carbocycles. The van der Waals surface area contributed by atoms with E-state index >= 15 is 0 Å². The molecule has 108 valence electrons. The summed E-state index contributed by atoms with van der Waals surface area (Å²) in [6.07, 6.45) is 8.27. The van der Waals surface area contributed by atoms with Gasteiger partial charge in [-0.05, 0) is 12.1 Å². The zero-order valence-electron chi connectivity index (χ0n) is 11.4. The molecule has 0 saturated heterocycles. The van der Waals surface area contributed by atoms with E-state index in [-0.39, 0.29) is 5.91 Å². The number of hydrogen-bond acceptors (Lipinski definition) is 6. The van der Waals surface area contributed by atoms with Gasteiger partial charge in [-0.15, -0.1) is 4.80 Å². The molecular formula is C13H14N6O2. The molecule has 1 aliphatic rings. The second-order valence-electron chi connectivity index (χ2n) is 4.36. The molecule has 2 aromatic heterocycles. The van der Waals surface area contributed by atoms with E-state index in [9.17, 15) is 4.79 Å². The topological polar surface area (TPSA) is 97.3 Å². The molecule has 0 radical (unpaired) electrons. The molecule has 1 aliphatic heterocycles. The van der Waals surface area contributed by atoms with Gasteiger partial charge in [0.1, 0.15) is 0 Å². The Hall–Kier alpha value is -2.90. The molecule has 0 fully saturated rings. The lowest BCUT2D eigenvalue weighted by molar-refractivity contribution is -0.123. The highest BCUT2D eigenvalue weighted by Gasteiger charge is 2.38. The lowest BCUT2D eigenvalue weighted by Gasteiger charge is -2.32. The summed E-state index contributed by atoms with van der Waals surface area (Å²) >= 11 is 0. The maximum absolute atomic E-state index is 11.8. The standard InChI is InChI=1S/C13H14N6O2/c1-2-12(20)18-13(10-4-3-9-21-10)14-6-5-11(17-13)19-15-7-8-16-19/h3-9,17H,2H2,1H3,(H,18,20). The number of nitrogens with zero attached hydrogens (tertiary/aromatic N) is 4. The predicted octanol–water partition coefficient (Wildman–Crippen LogP) is 0.680. The van der Waals surface area contributed by atoms with Crippen LogP contribution in [0.4, 0.5) is 0 Å². The quantitative estimate of drug-likeness (QED) is 0.861. The van der Waals surface area contributed by atoms with Gasteiger partial charge in [0.15, 0.2) is 11.6 Å². The van der Waals surface area contributed by atoms with Gasteiger partial charge >= 0.3 is 0 Å². The highest BCUT2D eigenvalue weighted by atomic mass is 16.3. The molecule has 8 heteroatoms. The second kappa shape index (κ2) is 5.23. The van der Waals surface area contributed by atoms with Gasteiger partial charge in [0.05, 0.1) is 18.7 Å². The number of rotatable bonds is 4. The smallest absolute Gasteiger partial charge is 0.269 e. The van der Waals surface area contributed by atoms with E-state index in [2.05, 4.69) is 25.8 Å². The van der Waals surface area contributed by atoms with Crippen LogP contribution in [0.25, 0.3) is 5.82 Å². The number of aliphatic imine (C=N–C) groups is 1. The number of carbonyl (C=O) groups is 1. The van der Waals surface area contributed by atoms with Gasteiger partial charge in [-0.25, -0.2) is 4.99 Å². The third-order valence-electron chi connectivity index (χ3n) is 2.96. The van der Waals surface area contributed by atoms with Crippen LogP contribution in [0.15, 0.2) is 46.3 Å². The first-order valence-electron chi connectivity index (χ1n) is 6.49. The summed E-state index contributed by atoms with van der Waals surface area (Å²) < 4.78 is 5.42. The summed E-state index contributed by atoms with van der Waals surface area (Å²) in [6, 6.07) is 3.47. The van der Waals surface area contributed by atoms with E-state index in [4.69, 9.17) is 4.42 Å². The van der Waals surface area contributed by atoms with E-state index in [1.54, 1.807) is 43.7 Å². The average molecular weight is 286 g/mol. The van der Waals surface area contributed by atoms with E-state index in [0.717, 1.165) is 0 Å². The molecular weight excluding hydrogens is 272 g/mol. The van der Waals surface area contributed by atoms with Gasteiger partial charge in [0.25, 0.3) is 5.79 Å². The minimum Gasteiger partial charge on any atom is -0.463 e. The Kier molecular flexibility index (Phi) is 3.27. The summed E-state index contributed by atoms with van der Waals surface area (Å²) in [7, 11) is 0. The Morgan fingerprint density at radius 1 is 1.48 bits per heavy atom. The molecule has 0 aliphatic carbocycles. The van der Waals surface area contributed by atoms with Gasteiger partial charge in [0, 0.05) is 18.7 Å². The Bertz CT molecular complexity index is 674. The van der Waals surface area contributed by atoms with Crippen LogP contribution in [0.3, 0.4) is 0 Å². The largest absolute Gasteiger partial charge is 0.463 e. The van der Waals surface area contributed by atoms with E-state index in [1.807, 2.05) is 0 Å². The van der Waals surface area contributed by atoms with Crippen LogP contribution >= 0.6 is 0 Å². The molecule has 3 heterocycles. The number of amides is 1. The van der Waals surface area contributed by atoms with E-state index < -0.39 is 5.79 Å². The van der Waals surface area contributed by atoms with Gasteiger partial charge in [-0.1, -0.05) is 6.92 Å². The molecule has 1 unspecified atom stereocenters. The van der Waals surface area contributed by atoms with Crippen molar-refractivity contribution in [1.29, 1.82) is 0 Å². The Morgan fingerprint density at radius 2 is 2.29 bits per heavy atom. The van der Waals surface area contributed by atoms with Crippen LogP contribution in [-0.4, -0.2) is 27.1 Å². The molecule has 1 amide bonds.